The smallest absolute Gasteiger partial charge is 0.260 e. The third kappa shape index (κ3) is 4.01. The first-order chi connectivity index (χ1) is 13.6. The summed E-state index contributed by atoms with van der Waals surface area (Å²) in [5.74, 6) is 0.902. The van der Waals surface area contributed by atoms with Gasteiger partial charge in [0.1, 0.15) is 17.3 Å². The van der Waals surface area contributed by atoms with Crippen LogP contribution >= 0.6 is 11.3 Å². The fourth-order valence-corrected chi connectivity index (χ4v) is 4.12. The number of fused-ring (bicyclic) bond motifs is 1. The Hall–Kier alpha value is -2.87. The average molecular weight is 401 g/mol. The molecule has 0 bridgehead atoms. The van der Waals surface area contributed by atoms with E-state index in [9.17, 15) is 9.18 Å². The number of aromatic nitrogens is 1. The third-order valence-corrected chi connectivity index (χ3v) is 5.74. The number of halogens is 1. The molecule has 146 valence electrons. The van der Waals surface area contributed by atoms with Crippen molar-refractivity contribution < 1.29 is 18.7 Å². The summed E-state index contributed by atoms with van der Waals surface area (Å²) in [6.07, 6.45) is 0. The van der Waals surface area contributed by atoms with E-state index >= 15 is 0 Å². The molecule has 0 unspecified atom stereocenters. The van der Waals surface area contributed by atoms with Crippen molar-refractivity contribution >= 4 is 32.6 Å². The van der Waals surface area contributed by atoms with Gasteiger partial charge in [-0.25, -0.2) is 9.37 Å². The van der Waals surface area contributed by atoms with Gasteiger partial charge in [-0.1, -0.05) is 11.3 Å². The van der Waals surface area contributed by atoms with Crippen LogP contribution in [0.1, 0.15) is 0 Å². The largest absolute Gasteiger partial charge is 0.497 e. The molecule has 4 rings (SSSR count). The summed E-state index contributed by atoms with van der Waals surface area (Å²) in [6.45, 7) is 2.63. The highest BCUT2D eigenvalue weighted by molar-refractivity contribution is 7.22. The van der Waals surface area contributed by atoms with Crippen LogP contribution in [0.4, 0.5) is 9.52 Å². The van der Waals surface area contributed by atoms with Gasteiger partial charge < -0.3 is 19.3 Å². The van der Waals surface area contributed by atoms with E-state index in [-0.39, 0.29) is 18.3 Å². The molecule has 0 saturated carbocycles. The van der Waals surface area contributed by atoms with Crippen molar-refractivity contribution in [3.05, 3.63) is 48.3 Å². The van der Waals surface area contributed by atoms with Crippen molar-refractivity contribution in [2.24, 2.45) is 0 Å². The number of thiazole rings is 1. The van der Waals surface area contributed by atoms with Gasteiger partial charge in [0.2, 0.25) is 0 Å². The first kappa shape index (κ1) is 18.5. The zero-order chi connectivity index (χ0) is 19.5. The number of methoxy groups -OCH3 is 1. The van der Waals surface area contributed by atoms with E-state index in [4.69, 9.17) is 14.5 Å². The standard InChI is InChI=1S/C20H20FN3O3S/c1-26-16-6-7-17-18(12-16)28-20(22-17)24-10-8-23(9-11-24)19(25)13-27-15-4-2-14(21)3-5-15/h2-7,12H,8-11,13H2,1H3. The van der Waals surface area contributed by atoms with Gasteiger partial charge in [0.15, 0.2) is 11.7 Å². The van der Waals surface area contributed by atoms with Crippen molar-refractivity contribution in [1.82, 2.24) is 9.88 Å². The van der Waals surface area contributed by atoms with Crippen molar-refractivity contribution in [1.29, 1.82) is 0 Å². The van der Waals surface area contributed by atoms with Crippen molar-refractivity contribution in [2.75, 3.05) is 44.8 Å². The zero-order valence-electron chi connectivity index (χ0n) is 15.4. The number of carbonyl (C=O) groups is 1. The molecule has 6 nitrogen and oxygen atoms in total. The first-order valence-corrected chi connectivity index (χ1v) is 9.80. The fourth-order valence-electron chi connectivity index (χ4n) is 3.07. The van der Waals surface area contributed by atoms with Crippen molar-refractivity contribution in [2.45, 2.75) is 0 Å². The second-order valence-electron chi connectivity index (χ2n) is 6.44. The lowest BCUT2D eigenvalue weighted by Crippen LogP contribution is -2.50. The van der Waals surface area contributed by atoms with Crippen LogP contribution in [-0.2, 0) is 4.79 Å². The van der Waals surface area contributed by atoms with E-state index in [1.165, 1.54) is 24.3 Å². The number of rotatable bonds is 5. The summed E-state index contributed by atoms with van der Waals surface area (Å²) in [7, 11) is 1.65. The average Bonchev–Trinajstić information content (AvgIpc) is 3.16. The molecular formula is C20H20FN3O3S. The minimum Gasteiger partial charge on any atom is -0.497 e. The third-order valence-electron chi connectivity index (χ3n) is 4.66. The molecule has 1 saturated heterocycles. The number of piperazine rings is 1. The SMILES string of the molecule is COc1ccc2nc(N3CCN(C(=O)COc4ccc(F)cc4)CC3)sc2c1. The van der Waals surface area contributed by atoms with Crippen LogP contribution in [0.3, 0.4) is 0 Å². The van der Waals surface area contributed by atoms with Crippen LogP contribution in [0, 0.1) is 5.82 Å². The summed E-state index contributed by atoms with van der Waals surface area (Å²) in [5, 5.41) is 0.956. The Labute approximate surface area is 166 Å². The normalized spacial score (nSPS) is 14.4. The second-order valence-corrected chi connectivity index (χ2v) is 7.45. The number of nitrogens with zero attached hydrogens (tertiary/aromatic N) is 3. The van der Waals surface area contributed by atoms with Gasteiger partial charge in [-0.05, 0) is 42.5 Å². The van der Waals surface area contributed by atoms with Gasteiger partial charge in [-0.3, -0.25) is 4.79 Å². The number of ether oxygens (including phenoxy) is 2. The highest BCUT2D eigenvalue weighted by Gasteiger charge is 2.23. The summed E-state index contributed by atoms with van der Waals surface area (Å²) in [4.78, 5) is 21.1. The monoisotopic (exact) mass is 401 g/mol. The molecule has 2 aromatic carbocycles. The van der Waals surface area contributed by atoms with Gasteiger partial charge in [0.25, 0.3) is 5.91 Å². The molecule has 3 aromatic rings. The van der Waals surface area contributed by atoms with Gasteiger partial charge in [0, 0.05) is 26.2 Å². The molecule has 0 aliphatic carbocycles. The minimum atomic E-state index is -0.330. The molecule has 1 aromatic heterocycles. The lowest BCUT2D eigenvalue weighted by molar-refractivity contribution is -0.133. The van der Waals surface area contributed by atoms with E-state index in [0.717, 1.165) is 34.2 Å². The van der Waals surface area contributed by atoms with E-state index in [1.807, 2.05) is 18.2 Å². The molecule has 0 N–H and O–H groups in total. The van der Waals surface area contributed by atoms with Crippen LogP contribution in [-0.4, -0.2) is 55.7 Å². The quantitative estimate of drug-likeness (QED) is 0.657. The maximum atomic E-state index is 12.9. The van der Waals surface area contributed by atoms with E-state index in [0.29, 0.717) is 18.8 Å². The molecule has 0 atom stereocenters. The van der Waals surface area contributed by atoms with Gasteiger partial charge >= 0.3 is 0 Å². The van der Waals surface area contributed by atoms with E-state index in [1.54, 1.807) is 23.3 Å². The minimum absolute atomic E-state index is 0.0490. The van der Waals surface area contributed by atoms with E-state index in [2.05, 4.69) is 4.90 Å². The summed E-state index contributed by atoms with van der Waals surface area (Å²) >= 11 is 1.63. The first-order valence-electron chi connectivity index (χ1n) is 8.98. The summed E-state index contributed by atoms with van der Waals surface area (Å²) < 4.78 is 24.7. The lowest BCUT2D eigenvalue weighted by Gasteiger charge is -2.34. The summed E-state index contributed by atoms with van der Waals surface area (Å²) in [6, 6.07) is 11.5. The maximum Gasteiger partial charge on any atom is 0.260 e. The van der Waals surface area contributed by atoms with Gasteiger partial charge in [-0.2, -0.15) is 0 Å². The Morgan fingerprint density at radius 3 is 2.54 bits per heavy atom. The number of hydrogen-bond acceptors (Lipinski definition) is 6. The lowest BCUT2D eigenvalue weighted by atomic mass is 10.3. The predicted molar refractivity (Wildman–Crippen MR) is 107 cm³/mol. The topological polar surface area (TPSA) is 54.9 Å². The predicted octanol–water partition coefficient (Wildman–Crippen LogP) is 3.17. The molecule has 1 aliphatic rings. The summed E-state index contributed by atoms with van der Waals surface area (Å²) in [5.41, 5.74) is 0.951. The maximum absolute atomic E-state index is 12.9. The number of benzene rings is 2. The molecule has 1 amide bonds. The Morgan fingerprint density at radius 1 is 1.11 bits per heavy atom. The highest BCUT2D eigenvalue weighted by Crippen LogP contribution is 2.31. The van der Waals surface area contributed by atoms with Crippen molar-refractivity contribution in [3.8, 4) is 11.5 Å². The Bertz CT molecular complexity index is 968. The molecule has 0 spiro atoms. The van der Waals surface area contributed by atoms with Crippen LogP contribution < -0.4 is 14.4 Å². The van der Waals surface area contributed by atoms with Crippen molar-refractivity contribution in [3.63, 3.8) is 0 Å². The number of hydrogen-bond donors (Lipinski definition) is 0. The molecule has 2 heterocycles. The Morgan fingerprint density at radius 2 is 1.82 bits per heavy atom. The molecule has 1 aliphatic heterocycles. The molecule has 8 heteroatoms. The van der Waals surface area contributed by atoms with E-state index < -0.39 is 0 Å². The Balaban J connectivity index is 1.32. The number of amides is 1. The number of anilines is 1. The highest BCUT2D eigenvalue weighted by atomic mass is 32.1. The second kappa shape index (κ2) is 8.02. The number of carbonyl (C=O) groups excluding carboxylic acids is 1. The fraction of sp³-hybridized carbons (Fsp3) is 0.300. The van der Waals surface area contributed by atoms with Crippen LogP contribution in [0.25, 0.3) is 10.2 Å². The van der Waals surface area contributed by atoms with Crippen LogP contribution in [0.5, 0.6) is 11.5 Å². The zero-order valence-corrected chi connectivity index (χ0v) is 16.2. The molecule has 28 heavy (non-hydrogen) atoms. The molecule has 1 fully saturated rings. The molecular weight excluding hydrogens is 381 g/mol. The van der Waals surface area contributed by atoms with Gasteiger partial charge in [0.05, 0.1) is 17.3 Å². The van der Waals surface area contributed by atoms with Crippen LogP contribution in [0.15, 0.2) is 42.5 Å². The van der Waals surface area contributed by atoms with Gasteiger partial charge in [-0.15, -0.1) is 0 Å². The van der Waals surface area contributed by atoms with Crippen LogP contribution in [0.2, 0.25) is 0 Å². The molecule has 0 radical (unpaired) electrons. The Kier molecular flexibility index (Phi) is 5.29.